The summed E-state index contributed by atoms with van der Waals surface area (Å²) in [5.41, 5.74) is 16.5. The molecule has 0 spiro atoms. The Morgan fingerprint density at radius 3 is 1.39 bits per heavy atom. The van der Waals surface area contributed by atoms with Crippen LogP contribution in [0.5, 0.6) is 0 Å². The van der Waals surface area contributed by atoms with Gasteiger partial charge >= 0.3 is 0 Å². The van der Waals surface area contributed by atoms with E-state index in [0.29, 0.717) is 56.4 Å². The molecule has 0 aliphatic carbocycles. The van der Waals surface area contributed by atoms with Gasteiger partial charge in [-0.05, 0) is 195 Å². The second kappa shape index (κ2) is 22.8. The molecule has 0 fully saturated rings. The zero-order valence-corrected chi connectivity index (χ0v) is 56.9. The first-order valence-electron chi connectivity index (χ1n) is 41.5. The number of hydrogen-bond acceptors (Lipinski definition) is 3. The van der Waals surface area contributed by atoms with Crippen molar-refractivity contribution in [2.45, 2.75) is 66.1 Å². The number of aryl methyl sites for hydroxylation is 2. The Balaban J connectivity index is 1.01. The zero-order chi connectivity index (χ0) is 81.0. The minimum Gasteiger partial charge on any atom is -0.311 e. The SMILES string of the molecule is [2H]c1c([2H])c([2H])c2c(c1[2H])c1c([2H])c([2H])c([2H])c([2H])c1n2-c1cc2c3c(c1)N(c1cccc(-n4c5ccccc5c5ccccc54)c1C#N)c1cc(-n4c5ccc(C(C)(C)C)cc5c5cc(C(C)(C)C)ccc54)ccc1B3c1ccc(-c3cc(C([2H])([2H])[2H])cc(C([2H])([2H])[2H])c3)cc1N2c1cc(-c2ccccc2)cc(-c2ccccc2)c1. The van der Waals surface area contributed by atoms with Crippen molar-refractivity contribution in [3.05, 3.63) is 325 Å². The Morgan fingerprint density at radius 1 is 0.333 bits per heavy atom. The van der Waals surface area contributed by atoms with Gasteiger partial charge in [0.25, 0.3) is 6.71 Å². The third-order valence-corrected chi connectivity index (χ3v) is 20.9. The Labute approximate surface area is 615 Å². The topological polar surface area (TPSA) is 45.1 Å². The fraction of sp³-hybridized carbons (Fsp3) is 0.105. The molecule has 19 rings (SSSR count). The molecule has 14 aromatic carbocycles. The van der Waals surface area contributed by atoms with Crippen molar-refractivity contribution < 1.29 is 19.2 Å². The number of rotatable bonds is 8. The maximum Gasteiger partial charge on any atom is 0.252 e. The van der Waals surface area contributed by atoms with Crippen LogP contribution in [0.25, 0.3) is 116 Å². The molecule has 7 heteroatoms. The van der Waals surface area contributed by atoms with Crippen LogP contribution in [0.1, 0.15) is 88.6 Å². The van der Waals surface area contributed by atoms with Gasteiger partial charge in [-0.1, -0.05) is 241 Å². The first kappa shape index (κ1) is 47.6. The molecule has 0 bridgehead atoms. The predicted molar refractivity (Wildman–Crippen MR) is 431 cm³/mol. The molecule has 102 heavy (non-hydrogen) atoms. The molecule has 0 unspecified atom stereocenters. The summed E-state index contributed by atoms with van der Waals surface area (Å²) in [5.74, 6) is 0. The van der Waals surface area contributed by atoms with Crippen molar-refractivity contribution in [3.63, 3.8) is 0 Å². The lowest BCUT2D eigenvalue weighted by Gasteiger charge is -2.45. The summed E-state index contributed by atoms with van der Waals surface area (Å²) in [6.07, 6.45) is 0. The van der Waals surface area contributed by atoms with Gasteiger partial charge in [-0.3, -0.25) is 0 Å². The Morgan fingerprint density at radius 2 is 0.824 bits per heavy atom. The standard InChI is InChI=1S/C95H73BN6/c1-59-46-60(2)48-64(47-59)63-38-42-79-89(52-63)100(70-50-65(61-24-11-9-12-25-61)49-66(51-70)62-26-13-10-14-27-62)91-56-71(99-81-32-19-15-28-72(81)73-29-16-20-33-82(73)99)57-92-93(91)96(79)80-43-41-69(98-87-44-39-67(94(3,4)5)53-76(87)77-54-68(95(6,7)8)40-45-88(77)98)55-90(80)102(92)86-37-23-36-85(78(86)58-97)101-83-34-21-17-30-74(83)75-31-18-22-35-84(75)101/h9-57H,1-8H3/i1D3,2D3,15D,16D,19D,20D,28D,29D,32D,33D. The summed E-state index contributed by atoms with van der Waals surface area (Å²) in [6.45, 7) is 7.09. The Kier molecular flexibility index (Phi) is 10.7. The molecule has 0 radical (unpaired) electrons. The first-order valence-corrected chi connectivity index (χ1v) is 34.5. The summed E-state index contributed by atoms with van der Waals surface area (Å²) in [5, 5.41) is 16.4. The third kappa shape index (κ3) is 9.46. The highest BCUT2D eigenvalue weighted by Crippen LogP contribution is 2.51. The number of hydrogen-bond donors (Lipinski definition) is 0. The lowest BCUT2D eigenvalue weighted by Crippen LogP contribution is -2.61. The quantitative estimate of drug-likeness (QED) is 0.142. The molecule has 6 nitrogen and oxygen atoms in total. The van der Waals surface area contributed by atoms with Crippen LogP contribution < -0.4 is 26.2 Å². The van der Waals surface area contributed by atoms with Crippen LogP contribution in [0.15, 0.2) is 297 Å². The molecular weight excluding hydrogens is 1240 g/mol. The Hall–Kier alpha value is -12.4. The van der Waals surface area contributed by atoms with Gasteiger partial charge in [0, 0.05) is 74.7 Å². The second-order valence-electron chi connectivity index (χ2n) is 29.1. The summed E-state index contributed by atoms with van der Waals surface area (Å²) < 4.78 is 136. The van der Waals surface area contributed by atoms with E-state index in [1.807, 2.05) is 133 Å². The number of benzene rings is 14. The minimum absolute atomic E-state index is 0.116. The molecule has 2 aliphatic rings. The highest BCUT2D eigenvalue weighted by Gasteiger charge is 2.45. The molecule has 5 heterocycles. The van der Waals surface area contributed by atoms with Gasteiger partial charge in [0.2, 0.25) is 0 Å². The summed E-state index contributed by atoms with van der Waals surface area (Å²) in [6, 6.07) is 80.6. The minimum atomic E-state index is -2.72. The van der Waals surface area contributed by atoms with E-state index in [1.54, 1.807) is 4.57 Å². The van der Waals surface area contributed by atoms with Crippen molar-refractivity contribution in [1.82, 2.24) is 13.7 Å². The van der Waals surface area contributed by atoms with Gasteiger partial charge in [-0.15, -0.1) is 0 Å². The van der Waals surface area contributed by atoms with Gasteiger partial charge in [-0.25, -0.2) is 0 Å². The van der Waals surface area contributed by atoms with E-state index < -0.39 is 68.8 Å². The van der Waals surface area contributed by atoms with Crippen LogP contribution in [0.4, 0.5) is 34.1 Å². The van der Waals surface area contributed by atoms with Crippen LogP contribution in [-0.2, 0) is 10.8 Å². The van der Waals surface area contributed by atoms with Gasteiger partial charge in [0.05, 0.1) is 61.1 Å². The number of para-hydroxylation sites is 4. The van der Waals surface area contributed by atoms with Crippen molar-refractivity contribution in [2.24, 2.45) is 0 Å². The fourth-order valence-corrected chi connectivity index (χ4v) is 16.2. The molecule has 486 valence electrons. The van der Waals surface area contributed by atoms with E-state index in [4.69, 9.17) is 8.22 Å². The summed E-state index contributed by atoms with van der Waals surface area (Å²) in [7, 11) is 0. The van der Waals surface area contributed by atoms with Gasteiger partial charge in [-0.2, -0.15) is 5.26 Å². The first-order chi connectivity index (χ1) is 55.4. The average molecular weight is 1320 g/mol. The highest BCUT2D eigenvalue weighted by molar-refractivity contribution is 7.00. The molecule has 0 saturated carbocycles. The lowest BCUT2D eigenvalue weighted by molar-refractivity contribution is 0.590. The van der Waals surface area contributed by atoms with Crippen LogP contribution in [-0.4, -0.2) is 20.4 Å². The second-order valence-corrected chi connectivity index (χ2v) is 29.1. The van der Waals surface area contributed by atoms with E-state index in [2.05, 4.69) is 164 Å². The van der Waals surface area contributed by atoms with E-state index in [1.165, 1.54) is 18.2 Å². The van der Waals surface area contributed by atoms with Crippen molar-refractivity contribution in [3.8, 4) is 56.5 Å². The summed E-state index contributed by atoms with van der Waals surface area (Å²) >= 11 is 0. The van der Waals surface area contributed by atoms with E-state index in [0.717, 1.165) is 93.6 Å². The largest absolute Gasteiger partial charge is 0.311 e. The normalized spacial score (nSPS) is 15.0. The van der Waals surface area contributed by atoms with Crippen LogP contribution in [0, 0.1) is 25.0 Å². The number of nitrogens with zero attached hydrogens (tertiary/aromatic N) is 6. The summed E-state index contributed by atoms with van der Waals surface area (Å²) in [4.78, 5) is 4.25. The lowest BCUT2D eigenvalue weighted by atomic mass is 9.33. The van der Waals surface area contributed by atoms with Gasteiger partial charge < -0.3 is 23.5 Å². The van der Waals surface area contributed by atoms with Crippen molar-refractivity contribution in [2.75, 3.05) is 9.80 Å². The molecule has 17 aromatic rings. The Bertz CT molecular complexity index is 6870. The van der Waals surface area contributed by atoms with Crippen LogP contribution >= 0.6 is 0 Å². The molecule has 0 amide bonds. The number of anilines is 6. The number of aromatic nitrogens is 3. The highest BCUT2D eigenvalue weighted by atomic mass is 15.2. The van der Waals surface area contributed by atoms with E-state index >= 15 is 0 Å². The molecule has 0 N–H and O–H groups in total. The monoisotopic (exact) mass is 1320 g/mol. The molecule has 0 saturated heterocycles. The van der Waals surface area contributed by atoms with Gasteiger partial charge in [0.15, 0.2) is 0 Å². The van der Waals surface area contributed by atoms with Gasteiger partial charge in [0.1, 0.15) is 11.6 Å². The molecule has 0 atom stereocenters. The zero-order valence-electron chi connectivity index (χ0n) is 70.9. The molecule has 2 aliphatic heterocycles. The van der Waals surface area contributed by atoms with Crippen molar-refractivity contribution in [1.29, 1.82) is 5.26 Å². The number of fused-ring (bicyclic) bond motifs is 13. The van der Waals surface area contributed by atoms with Crippen LogP contribution in [0.3, 0.4) is 0 Å². The van der Waals surface area contributed by atoms with Crippen LogP contribution in [0.2, 0.25) is 0 Å². The molecule has 3 aromatic heterocycles. The average Bonchev–Trinajstić information content (AvgIpc) is 1.12. The maximum absolute atomic E-state index is 12.6. The van der Waals surface area contributed by atoms with E-state index in [9.17, 15) is 16.2 Å². The van der Waals surface area contributed by atoms with Crippen molar-refractivity contribution >= 4 is 123 Å². The fourth-order valence-electron chi connectivity index (χ4n) is 16.2. The molecular formula is C95H73BN6. The maximum atomic E-state index is 12.6. The third-order valence-electron chi connectivity index (χ3n) is 20.9. The van der Waals surface area contributed by atoms with E-state index in [-0.39, 0.29) is 55.0 Å². The smallest absolute Gasteiger partial charge is 0.252 e. The predicted octanol–water partition coefficient (Wildman–Crippen LogP) is 23.1. The number of nitriles is 1.